The van der Waals surface area contributed by atoms with Crippen LogP contribution in [0.2, 0.25) is 0 Å². The molecular weight excluding hydrogens is 563 g/mol. The van der Waals surface area contributed by atoms with Gasteiger partial charge in [-0.25, -0.2) is 22.4 Å². The average Bonchev–Trinajstić information content (AvgIpc) is 3.31. The minimum Gasteiger partial charge on any atom is -0.492 e. The molecule has 11 nitrogen and oxygen atoms in total. The maximum Gasteiger partial charge on any atom is 0.472 e. The first-order valence-corrected chi connectivity index (χ1v) is 14.2. The van der Waals surface area contributed by atoms with E-state index in [1.54, 1.807) is 53.2 Å². The highest BCUT2D eigenvalue weighted by atomic mass is 31.2. The fourth-order valence-corrected chi connectivity index (χ4v) is 5.25. The Bertz CT molecular complexity index is 1560. The van der Waals surface area contributed by atoms with E-state index in [0.717, 1.165) is 12.1 Å². The van der Waals surface area contributed by atoms with Gasteiger partial charge in [-0.2, -0.15) is 4.57 Å². The maximum atomic E-state index is 14.0. The second kappa shape index (κ2) is 11.3. The van der Waals surface area contributed by atoms with Crippen LogP contribution in [0.3, 0.4) is 0 Å². The van der Waals surface area contributed by atoms with E-state index in [1.807, 2.05) is 6.92 Å². The second-order valence-corrected chi connectivity index (χ2v) is 11.0. The van der Waals surface area contributed by atoms with E-state index in [9.17, 15) is 18.1 Å². The number of amides is 1. The highest BCUT2D eigenvalue weighted by molar-refractivity contribution is 7.46. The summed E-state index contributed by atoms with van der Waals surface area (Å²) in [5.41, 5.74) is 2.34. The van der Waals surface area contributed by atoms with E-state index in [4.69, 9.17) is 24.0 Å². The van der Waals surface area contributed by atoms with Gasteiger partial charge in [-0.15, -0.1) is 0 Å². The van der Waals surface area contributed by atoms with Crippen molar-refractivity contribution in [2.24, 2.45) is 0 Å². The highest BCUT2D eigenvalue weighted by Crippen LogP contribution is 2.37. The number of phosphoric ester groups is 1. The summed E-state index contributed by atoms with van der Waals surface area (Å²) >= 11 is 0. The fraction of sp³-hybridized carbons (Fsp3) is 0.333. The first-order valence-electron chi connectivity index (χ1n) is 12.7. The summed E-state index contributed by atoms with van der Waals surface area (Å²) in [5, 5.41) is 0. The molecule has 3 aromatic rings. The normalized spacial score (nSPS) is 22.0. The Labute approximate surface area is 234 Å². The number of carbonyl (C=O) groups excluding carboxylic acids is 1. The lowest BCUT2D eigenvalue weighted by Crippen LogP contribution is -2.59. The zero-order chi connectivity index (χ0) is 29.5. The minimum atomic E-state index is -4.64. The monoisotopic (exact) mass is 592 g/mol. The predicted octanol–water partition coefficient (Wildman–Crippen LogP) is 3.16. The summed E-state index contributed by atoms with van der Waals surface area (Å²) in [5.74, 6) is -1.83. The van der Waals surface area contributed by atoms with Crippen molar-refractivity contribution in [3.05, 3.63) is 83.1 Å². The lowest BCUT2D eigenvalue weighted by Gasteiger charge is -2.47. The Hall–Kier alpha value is -3.61. The first kappa shape index (κ1) is 28.9. The lowest BCUT2D eigenvalue weighted by molar-refractivity contribution is -0.596. The van der Waals surface area contributed by atoms with Gasteiger partial charge in [0.25, 0.3) is 12.2 Å². The number of hydrogen-bond acceptors (Lipinski definition) is 6. The topological polar surface area (TPSA) is 124 Å². The predicted molar refractivity (Wildman–Crippen MR) is 139 cm³/mol. The SMILES string of the molecule is COc1cc(/C=C2\O[C@@H](C)[C@H]3COC[C@@H](c4ccc(F)c(F)c4)N3C2=O)ccc1-[n+]1cc(C)n(COP(=O)(O)O)c1. The number of nitrogens with zero attached hydrogens (tertiary/aromatic N) is 3. The maximum absolute atomic E-state index is 14.0. The molecule has 41 heavy (non-hydrogen) atoms. The van der Waals surface area contributed by atoms with Crippen molar-refractivity contribution in [2.45, 2.75) is 38.8 Å². The molecule has 0 bridgehead atoms. The Morgan fingerprint density at radius 2 is 1.95 bits per heavy atom. The minimum absolute atomic E-state index is 0.0854. The van der Waals surface area contributed by atoms with Crippen LogP contribution >= 0.6 is 7.82 Å². The highest BCUT2D eigenvalue weighted by Gasteiger charge is 2.45. The molecule has 2 fully saturated rings. The standard InChI is InChI=1S/C27H28F2N3O8P/c1-16-11-30(14-31(16)15-39-41(34,35)36)22-7-4-18(8-25(22)37-3)9-26-27(33)32-23(17(2)40-26)12-38-13-24(32)19-5-6-20(28)21(29)10-19/h4-11,14,17,23-24H,12-13,15H2,1-3H3,(H-,34,35,36)/p+1/b26-9-/t17-,23+,24-/m0/s1. The molecule has 14 heteroatoms. The number of benzene rings is 2. The largest absolute Gasteiger partial charge is 0.492 e. The summed E-state index contributed by atoms with van der Waals surface area (Å²) in [6.45, 7) is 3.61. The van der Waals surface area contributed by atoms with E-state index in [2.05, 4.69) is 4.52 Å². The van der Waals surface area contributed by atoms with Gasteiger partial charge >= 0.3 is 7.82 Å². The molecule has 3 atom stereocenters. The molecule has 3 heterocycles. The Morgan fingerprint density at radius 1 is 1.17 bits per heavy atom. The molecule has 2 aliphatic rings. The van der Waals surface area contributed by atoms with Crippen LogP contribution in [0.15, 0.2) is 54.7 Å². The first-order chi connectivity index (χ1) is 19.4. The molecule has 0 aliphatic carbocycles. The molecule has 0 radical (unpaired) electrons. The molecule has 2 N–H and O–H groups in total. The number of imidazole rings is 1. The third-order valence-electron chi connectivity index (χ3n) is 7.07. The number of rotatable bonds is 7. The molecule has 0 unspecified atom stereocenters. The van der Waals surface area contributed by atoms with Crippen molar-refractivity contribution in [2.75, 3.05) is 20.3 Å². The molecule has 1 amide bonds. The Kier molecular flexibility index (Phi) is 8.00. The molecule has 5 rings (SSSR count). The van der Waals surface area contributed by atoms with Gasteiger partial charge in [-0.1, -0.05) is 12.1 Å². The smallest absolute Gasteiger partial charge is 0.472 e. The van der Waals surface area contributed by atoms with Crippen molar-refractivity contribution >= 4 is 19.8 Å². The van der Waals surface area contributed by atoms with Crippen LogP contribution in [-0.2, 0) is 30.1 Å². The number of carbonyl (C=O) groups is 1. The lowest BCUT2D eigenvalue weighted by atomic mass is 9.97. The van der Waals surface area contributed by atoms with Crippen molar-refractivity contribution in [3.63, 3.8) is 0 Å². The number of hydrogen-bond donors (Lipinski definition) is 2. The molecular formula is C27H29F2N3O8P+. The van der Waals surface area contributed by atoms with Crippen molar-refractivity contribution in [1.82, 2.24) is 9.47 Å². The van der Waals surface area contributed by atoms with Crippen LogP contribution in [0.1, 0.15) is 29.8 Å². The summed E-state index contributed by atoms with van der Waals surface area (Å²) in [7, 11) is -3.15. The zero-order valence-corrected chi connectivity index (χ0v) is 23.3. The number of methoxy groups -OCH3 is 1. The van der Waals surface area contributed by atoms with Crippen molar-refractivity contribution < 1.29 is 51.2 Å². The number of halogens is 2. The number of phosphoric acid groups is 1. The van der Waals surface area contributed by atoms with Gasteiger partial charge in [-0.3, -0.25) is 4.79 Å². The van der Waals surface area contributed by atoms with Crippen LogP contribution in [-0.4, -0.2) is 57.6 Å². The van der Waals surface area contributed by atoms with Crippen molar-refractivity contribution in [3.8, 4) is 11.4 Å². The van der Waals surface area contributed by atoms with E-state index < -0.39 is 43.6 Å². The summed E-state index contributed by atoms with van der Waals surface area (Å²) in [6, 6.07) is 7.76. The van der Waals surface area contributed by atoms with Crippen molar-refractivity contribution in [1.29, 1.82) is 0 Å². The number of morpholine rings is 2. The van der Waals surface area contributed by atoms with Gasteiger partial charge in [0.1, 0.15) is 18.0 Å². The van der Waals surface area contributed by atoms with Gasteiger partial charge in [0.15, 0.2) is 28.8 Å². The summed E-state index contributed by atoms with van der Waals surface area (Å²) < 4.78 is 63.8. The third-order valence-corrected chi connectivity index (χ3v) is 7.53. The molecule has 2 saturated heterocycles. The van der Waals surface area contributed by atoms with Gasteiger partial charge in [0, 0.05) is 6.92 Å². The molecule has 218 valence electrons. The van der Waals surface area contributed by atoms with Crippen LogP contribution in [0.5, 0.6) is 5.75 Å². The number of aromatic nitrogens is 2. The fourth-order valence-electron chi connectivity index (χ4n) is 4.98. The van der Waals surface area contributed by atoms with Gasteiger partial charge in [0.2, 0.25) is 6.73 Å². The molecule has 2 aromatic carbocycles. The Morgan fingerprint density at radius 3 is 2.66 bits per heavy atom. The number of ether oxygens (including phenoxy) is 3. The van der Waals surface area contributed by atoms with Crippen LogP contribution in [0.4, 0.5) is 8.78 Å². The Balaban J connectivity index is 1.43. The van der Waals surface area contributed by atoms with E-state index in [0.29, 0.717) is 28.3 Å². The number of aryl methyl sites for hydroxylation is 1. The van der Waals surface area contributed by atoms with E-state index in [-0.39, 0.29) is 25.7 Å². The van der Waals surface area contributed by atoms with E-state index >= 15 is 0 Å². The molecule has 2 aliphatic heterocycles. The summed E-state index contributed by atoms with van der Waals surface area (Å²) in [4.78, 5) is 33.3. The zero-order valence-electron chi connectivity index (χ0n) is 22.4. The summed E-state index contributed by atoms with van der Waals surface area (Å²) in [6.07, 6.45) is 4.51. The second-order valence-electron chi connectivity index (χ2n) is 9.78. The van der Waals surface area contributed by atoms with Gasteiger partial charge in [0.05, 0.1) is 32.4 Å². The number of fused-ring (bicyclic) bond motifs is 1. The third kappa shape index (κ3) is 6.04. The van der Waals surface area contributed by atoms with Crippen LogP contribution < -0.4 is 9.30 Å². The van der Waals surface area contributed by atoms with Gasteiger partial charge < -0.3 is 28.9 Å². The van der Waals surface area contributed by atoms with Crippen LogP contribution in [0.25, 0.3) is 11.8 Å². The quantitative estimate of drug-likeness (QED) is 0.244. The average molecular weight is 593 g/mol. The van der Waals surface area contributed by atoms with E-state index in [1.165, 1.54) is 17.7 Å². The molecule has 0 spiro atoms. The molecule has 1 aromatic heterocycles. The molecule has 0 saturated carbocycles. The van der Waals surface area contributed by atoms with Crippen LogP contribution in [0, 0.1) is 18.6 Å². The van der Waals surface area contributed by atoms with Gasteiger partial charge in [-0.05, 0) is 48.4 Å².